The highest BCUT2D eigenvalue weighted by Gasteiger charge is 2.17. The monoisotopic (exact) mass is 392 g/mol. The van der Waals surface area contributed by atoms with E-state index >= 15 is 0 Å². The van der Waals surface area contributed by atoms with Gasteiger partial charge in [0.25, 0.3) is 0 Å². The fourth-order valence-corrected chi connectivity index (χ4v) is 1.72. The first-order valence-corrected chi connectivity index (χ1v) is 7.37. The molecule has 0 aliphatic heterocycles. The Labute approximate surface area is 155 Å². The number of nitrogens with one attached hydrogen (secondary N) is 2. The van der Waals surface area contributed by atoms with Crippen LogP contribution in [-0.4, -0.2) is 33.1 Å². The summed E-state index contributed by atoms with van der Waals surface area (Å²) >= 11 is 0. The largest absolute Gasteiger partial charge is 0.433 e. The highest BCUT2D eigenvalue weighted by molar-refractivity contribution is 6.35. The molecule has 28 heavy (non-hydrogen) atoms. The number of carbonyl (C=O) groups is 2. The summed E-state index contributed by atoms with van der Waals surface area (Å²) in [4.78, 5) is 43.0. The van der Waals surface area contributed by atoms with Crippen molar-refractivity contribution < 1.29 is 28.3 Å². The van der Waals surface area contributed by atoms with Gasteiger partial charge in [-0.05, 0) is 26.0 Å². The minimum Gasteiger partial charge on any atom is -0.399 e. The molecule has 0 atom stereocenters. The molecule has 0 aliphatic carbocycles. The second-order valence-electron chi connectivity index (χ2n) is 5.07. The Balaban J connectivity index is 1.95. The summed E-state index contributed by atoms with van der Waals surface area (Å²) in [5.74, 6) is -3.31. The van der Waals surface area contributed by atoms with E-state index in [4.69, 9.17) is 8.83 Å². The zero-order valence-electron chi connectivity index (χ0n) is 14.4. The van der Waals surface area contributed by atoms with Crippen LogP contribution in [0.15, 0.2) is 43.3 Å². The lowest BCUT2D eigenvalue weighted by molar-refractivity contribution is -0.402. The van der Waals surface area contributed by atoms with Gasteiger partial charge < -0.3 is 8.83 Å². The molecule has 2 heterocycles. The van der Waals surface area contributed by atoms with E-state index in [0.29, 0.717) is 0 Å². The Hall–Kier alpha value is -4.36. The van der Waals surface area contributed by atoms with Crippen LogP contribution in [0.2, 0.25) is 0 Å². The van der Waals surface area contributed by atoms with Crippen molar-refractivity contribution in [1.29, 1.82) is 0 Å². The van der Waals surface area contributed by atoms with Gasteiger partial charge in [-0.15, -0.1) is 0 Å². The average molecular weight is 392 g/mol. The molecule has 0 aromatic carbocycles. The second kappa shape index (κ2) is 8.35. The summed E-state index contributed by atoms with van der Waals surface area (Å²) in [5, 5.41) is 28.3. The van der Waals surface area contributed by atoms with Crippen LogP contribution in [0.3, 0.4) is 0 Å². The van der Waals surface area contributed by atoms with Crippen LogP contribution in [0, 0.1) is 20.2 Å². The van der Waals surface area contributed by atoms with Gasteiger partial charge in [-0.3, -0.25) is 29.8 Å². The molecule has 14 nitrogen and oxygen atoms in total. The molecule has 0 bridgehead atoms. The van der Waals surface area contributed by atoms with Crippen LogP contribution >= 0.6 is 0 Å². The van der Waals surface area contributed by atoms with Gasteiger partial charge in [-0.25, -0.2) is 10.9 Å². The number of amides is 2. The van der Waals surface area contributed by atoms with Crippen molar-refractivity contribution >= 4 is 35.0 Å². The third kappa shape index (κ3) is 4.84. The molecule has 0 radical (unpaired) electrons. The highest BCUT2D eigenvalue weighted by Crippen LogP contribution is 2.16. The third-order valence-electron chi connectivity index (χ3n) is 3.11. The Bertz CT molecular complexity index is 921. The van der Waals surface area contributed by atoms with Crippen molar-refractivity contribution in [3.05, 3.63) is 56.0 Å². The number of nitrogens with zero attached hydrogens (tertiary/aromatic N) is 4. The number of hydrogen-bond acceptors (Lipinski definition) is 10. The molecular formula is C14H12N6O8. The minimum atomic E-state index is -1.18. The van der Waals surface area contributed by atoms with E-state index < -0.39 is 33.4 Å². The first-order chi connectivity index (χ1) is 13.2. The molecule has 0 unspecified atom stereocenters. The maximum absolute atomic E-state index is 11.7. The summed E-state index contributed by atoms with van der Waals surface area (Å²) in [7, 11) is 0. The number of furan rings is 2. The molecule has 2 aromatic heterocycles. The van der Waals surface area contributed by atoms with Crippen LogP contribution in [0.25, 0.3) is 0 Å². The van der Waals surface area contributed by atoms with Crippen molar-refractivity contribution in [2.45, 2.75) is 13.8 Å². The zero-order valence-corrected chi connectivity index (χ0v) is 14.4. The number of hydrogen-bond donors (Lipinski definition) is 2. The molecule has 146 valence electrons. The lowest BCUT2D eigenvalue weighted by atomic mass is 10.3. The lowest BCUT2D eigenvalue weighted by Crippen LogP contribution is -2.36. The first-order valence-electron chi connectivity index (χ1n) is 7.37. The van der Waals surface area contributed by atoms with E-state index in [1.54, 1.807) is 0 Å². The maximum Gasteiger partial charge on any atom is 0.433 e. The SMILES string of the molecule is C/C(=N\NC(=O)C(=O)N/N=C(\C)c1ccc([N+](=O)[O-])o1)c1ccc([N+](=O)[O-])o1. The zero-order chi connectivity index (χ0) is 20.8. The smallest absolute Gasteiger partial charge is 0.399 e. The highest BCUT2D eigenvalue weighted by atomic mass is 16.7. The predicted molar refractivity (Wildman–Crippen MR) is 91.4 cm³/mol. The van der Waals surface area contributed by atoms with Crippen LogP contribution in [0.5, 0.6) is 0 Å². The van der Waals surface area contributed by atoms with Crippen molar-refractivity contribution in [1.82, 2.24) is 10.9 Å². The fraction of sp³-hybridized carbons (Fsp3) is 0.143. The number of rotatable bonds is 6. The van der Waals surface area contributed by atoms with E-state index in [-0.39, 0.29) is 22.9 Å². The van der Waals surface area contributed by atoms with E-state index in [2.05, 4.69) is 10.2 Å². The molecule has 0 fully saturated rings. The summed E-state index contributed by atoms with van der Waals surface area (Å²) < 4.78 is 9.77. The van der Waals surface area contributed by atoms with E-state index in [9.17, 15) is 29.8 Å². The van der Waals surface area contributed by atoms with Crippen molar-refractivity contribution in [3.63, 3.8) is 0 Å². The van der Waals surface area contributed by atoms with Gasteiger partial charge >= 0.3 is 23.6 Å². The maximum atomic E-state index is 11.7. The fourth-order valence-electron chi connectivity index (χ4n) is 1.72. The van der Waals surface area contributed by atoms with Crippen LogP contribution in [-0.2, 0) is 9.59 Å². The van der Waals surface area contributed by atoms with Gasteiger partial charge in [-0.1, -0.05) is 0 Å². The van der Waals surface area contributed by atoms with E-state index in [1.165, 1.54) is 26.0 Å². The summed E-state index contributed by atoms with van der Waals surface area (Å²) in [5.41, 5.74) is 4.01. The van der Waals surface area contributed by atoms with Crippen molar-refractivity contribution in [2.24, 2.45) is 10.2 Å². The third-order valence-corrected chi connectivity index (χ3v) is 3.11. The summed E-state index contributed by atoms with van der Waals surface area (Å²) in [6.45, 7) is 2.79. The van der Waals surface area contributed by atoms with Gasteiger partial charge in [-0.2, -0.15) is 10.2 Å². The van der Waals surface area contributed by atoms with Gasteiger partial charge in [0.05, 0.1) is 12.1 Å². The Kier molecular flexibility index (Phi) is 5.95. The molecule has 0 saturated heterocycles. The summed E-state index contributed by atoms with van der Waals surface area (Å²) in [6.07, 6.45) is 0. The van der Waals surface area contributed by atoms with Crippen LogP contribution in [0.1, 0.15) is 25.4 Å². The molecule has 0 aliphatic rings. The average Bonchev–Trinajstić information content (AvgIpc) is 3.33. The molecule has 2 aromatic rings. The number of nitro groups is 2. The second-order valence-corrected chi connectivity index (χ2v) is 5.07. The quantitative estimate of drug-likeness (QED) is 0.315. The normalized spacial score (nSPS) is 11.8. The number of carbonyl (C=O) groups excluding carboxylic acids is 2. The molecule has 0 saturated carbocycles. The minimum absolute atomic E-state index is 0.0284. The predicted octanol–water partition coefficient (Wildman–Crippen LogP) is 1.07. The van der Waals surface area contributed by atoms with E-state index in [1.807, 2.05) is 10.9 Å². The van der Waals surface area contributed by atoms with Gasteiger partial charge in [0.15, 0.2) is 11.5 Å². The molecule has 2 rings (SSSR count). The topological polar surface area (TPSA) is 195 Å². The summed E-state index contributed by atoms with van der Waals surface area (Å²) in [6, 6.07) is 4.78. The Morgan fingerprint density at radius 1 is 0.821 bits per heavy atom. The molecule has 2 amide bonds. The van der Waals surface area contributed by atoms with E-state index in [0.717, 1.165) is 12.1 Å². The molecular weight excluding hydrogens is 380 g/mol. The number of hydrazone groups is 2. The van der Waals surface area contributed by atoms with Crippen LogP contribution in [0.4, 0.5) is 11.8 Å². The van der Waals surface area contributed by atoms with Crippen molar-refractivity contribution in [3.8, 4) is 0 Å². The van der Waals surface area contributed by atoms with Gasteiger partial charge in [0.1, 0.15) is 21.3 Å². The van der Waals surface area contributed by atoms with Gasteiger partial charge in [0.2, 0.25) is 0 Å². The molecule has 2 N–H and O–H groups in total. The Morgan fingerprint density at radius 3 is 1.46 bits per heavy atom. The Morgan fingerprint density at radius 2 is 1.18 bits per heavy atom. The molecule has 0 spiro atoms. The standard InChI is InChI=1S/C14H12N6O8/c1-7(9-3-5-11(27-9)19(23)24)15-17-13(21)14(22)18-16-8(2)10-4-6-12(28-10)20(25)26/h3-6H,1-2H3,(H,17,21)(H,18,22)/b15-7+,16-8+. The first kappa shape index (κ1) is 20.0. The molecule has 14 heteroatoms. The van der Waals surface area contributed by atoms with Gasteiger partial charge in [0, 0.05) is 0 Å². The van der Waals surface area contributed by atoms with Crippen LogP contribution < -0.4 is 10.9 Å². The van der Waals surface area contributed by atoms with Crippen molar-refractivity contribution in [2.75, 3.05) is 0 Å². The lowest BCUT2D eigenvalue weighted by Gasteiger charge is -2.01.